The Balaban J connectivity index is 2.23. The smallest absolute Gasteiger partial charge is 0.141 e. The maximum absolute atomic E-state index is 13.1. The Hall–Kier alpha value is -0.420. The SMILES string of the molecule is CNC(Cc1sccc1Br)c1ccc(F)c(Cl)c1. The molecular formula is C13H12BrClFNS. The van der Waals surface area contributed by atoms with Gasteiger partial charge in [0.1, 0.15) is 5.82 Å². The van der Waals surface area contributed by atoms with Crippen LogP contribution in [0.1, 0.15) is 16.5 Å². The maximum atomic E-state index is 13.1. The van der Waals surface area contributed by atoms with Crippen molar-refractivity contribution < 1.29 is 4.39 Å². The second kappa shape index (κ2) is 6.15. The number of rotatable bonds is 4. The minimum Gasteiger partial charge on any atom is -0.313 e. The number of halogens is 3. The Bertz CT molecular complexity index is 544. The van der Waals surface area contributed by atoms with E-state index < -0.39 is 0 Å². The van der Waals surface area contributed by atoms with E-state index >= 15 is 0 Å². The Morgan fingerprint density at radius 1 is 1.44 bits per heavy atom. The quantitative estimate of drug-likeness (QED) is 0.836. The number of nitrogens with one attached hydrogen (secondary N) is 1. The third-order valence-corrected chi connectivity index (χ3v) is 5.01. The second-order valence-electron chi connectivity index (χ2n) is 3.91. The lowest BCUT2D eigenvalue weighted by Gasteiger charge is -2.16. The van der Waals surface area contributed by atoms with Crippen LogP contribution in [0.25, 0.3) is 0 Å². The summed E-state index contributed by atoms with van der Waals surface area (Å²) >= 11 is 11.0. The normalized spacial score (nSPS) is 12.7. The topological polar surface area (TPSA) is 12.0 Å². The van der Waals surface area contributed by atoms with Crippen molar-refractivity contribution in [2.45, 2.75) is 12.5 Å². The second-order valence-corrected chi connectivity index (χ2v) is 6.17. The van der Waals surface area contributed by atoms with E-state index in [9.17, 15) is 4.39 Å². The zero-order valence-corrected chi connectivity index (χ0v) is 12.9. The van der Waals surface area contributed by atoms with Crippen LogP contribution in [0.5, 0.6) is 0 Å². The first kappa shape index (κ1) is 14.0. The molecule has 0 fully saturated rings. The van der Waals surface area contributed by atoms with E-state index in [1.54, 1.807) is 23.5 Å². The standard InChI is InChI=1S/C13H12BrClFNS/c1-17-12(7-13-9(14)4-5-18-13)8-2-3-11(16)10(15)6-8/h2-6,12,17H,7H2,1H3. The lowest BCUT2D eigenvalue weighted by molar-refractivity contribution is 0.589. The van der Waals surface area contributed by atoms with Crippen LogP contribution in [0.3, 0.4) is 0 Å². The van der Waals surface area contributed by atoms with Crippen molar-refractivity contribution in [3.05, 3.63) is 55.4 Å². The number of likely N-dealkylation sites (N-methyl/N-ethyl adjacent to an activating group) is 1. The molecule has 1 N–H and O–H groups in total. The van der Waals surface area contributed by atoms with Gasteiger partial charge in [0.15, 0.2) is 0 Å². The molecule has 0 amide bonds. The van der Waals surface area contributed by atoms with Crippen molar-refractivity contribution in [2.24, 2.45) is 0 Å². The van der Waals surface area contributed by atoms with Gasteiger partial charge in [0.2, 0.25) is 0 Å². The summed E-state index contributed by atoms with van der Waals surface area (Å²) in [7, 11) is 1.89. The van der Waals surface area contributed by atoms with E-state index in [2.05, 4.69) is 21.2 Å². The van der Waals surface area contributed by atoms with Crippen LogP contribution < -0.4 is 5.32 Å². The number of benzene rings is 1. The van der Waals surface area contributed by atoms with E-state index in [0.717, 1.165) is 16.5 Å². The van der Waals surface area contributed by atoms with Crippen LogP contribution in [0.2, 0.25) is 5.02 Å². The van der Waals surface area contributed by atoms with Gasteiger partial charge in [-0.1, -0.05) is 17.7 Å². The summed E-state index contributed by atoms with van der Waals surface area (Å²) in [5.41, 5.74) is 0.990. The Labute approximate surface area is 123 Å². The first-order valence-corrected chi connectivity index (χ1v) is 7.51. The molecule has 0 spiro atoms. The van der Waals surface area contributed by atoms with Gasteiger partial charge < -0.3 is 5.32 Å². The molecule has 2 rings (SSSR count). The highest BCUT2D eigenvalue weighted by atomic mass is 79.9. The van der Waals surface area contributed by atoms with E-state index in [-0.39, 0.29) is 16.9 Å². The molecule has 1 atom stereocenters. The van der Waals surface area contributed by atoms with Crippen molar-refractivity contribution in [1.82, 2.24) is 5.32 Å². The van der Waals surface area contributed by atoms with Gasteiger partial charge in [-0.05, 0) is 52.1 Å². The van der Waals surface area contributed by atoms with Gasteiger partial charge in [-0.15, -0.1) is 11.3 Å². The van der Waals surface area contributed by atoms with Gasteiger partial charge in [0.25, 0.3) is 0 Å². The van der Waals surface area contributed by atoms with Crippen LogP contribution in [0.15, 0.2) is 34.1 Å². The molecule has 0 saturated heterocycles. The molecule has 0 aliphatic heterocycles. The molecular weight excluding hydrogens is 337 g/mol. The van der Waals surface area contributed by atoms with Gasteiger partial charge in [-0.2, -0.15) is 0 Å². The van der Waals surface area contributed by atoms with Crippen LogP contribution in [-0.4, -0.2) is 7.05 Å². The van der Waals surface area contributed by atoms with Gasteiger partial charge in [-0.3, -0.25) is 0 Å². The van der Waals surface area contributed by atoms with E-state index in [4.69, 9.17) is 11.6 Å². The minimum absolute atomic E-state index is 0.123. The first-order chi connectivity index (χ1) is 8.61. The Kier molecular flexibility index (Phi) is 4.78. The van der Waals surface area contributed by atoms with Gasteiger partial charge in [0, 0.05) is 21.8 Å². The van der Waals surface area contributed by atoms with E-state index in [1.807, 2.05) is 18.5 Å². The zero-order chi connectivity index (χ0) is 13.1. The van der Waals surface area contributed by atoms with Gasteiger partial charge in [0.05, 0.1) is 5.02 Å². The fourth-order valence-electron chi connectivity index (χ4n) is 1.77. The molecule has 1 nitrogen and oxygen atoms in total. The molecule has 5 heteroatoms. The summed E-state index contributed by atoms with van der Waals surface area (Å²) in [6, 6.07) is 7.01. The lowest BCUT2D eigenvalue weighted by Crippen LogP contribution is -2.18. The van der Waals surface area contributed by atoms with E-state index in [1.165, 1.54) is 10.9 Å². The third kappa shape index (κ3) is 3.12. The fourth-order valence-corrected chi connectivity index (χ4v) is 3.52. The molecule has 2 aromatic rings. The Morgan fingerprint density at radius 3 is 2.78 bits per heavy atom. The molecule has 96 valence electrons. The average Bonchev–Trinajstić information content (AvgIpc) is 2.75. The highest BCUT2D eigenvalue weighted by molar-refractivity contribution is 9.10. The van der Waals surface area contributed by atoms with Crippen molar-refractivity contribution in [1.29, 1.82) is 0 Å². The lowest BCUT2D eigenvalue weighted by atomic mass is 10.0. The maximum Gasteiger partial charge on any atom is 0.141 e. The largest absolute Gasteiger partial charge is 0.313 e. The summed E-state index contributed by atoms with van der Waals surface area (Å²) in [5.74, 6) is -0.382. The first-order valence-electron chi connectivity index (χ1n) is 5.46. The van der Waals surface area contributed by atoms with Gasteiger partial charge in [-0.25, -0.2) is 4.39 Å². The molecule has 1 aromatic heterocycles. The molecule has 0 radical (unpaired) electrons. The van der Waals surface area contributed by atoms with Gasteiger partial charge >= 0.3 is 0 Å². The molecule has 1 heterocycles. The summed E-state index contributed by atoms with van der Waals surface area (Å²) in [6.45, 7) is 0. The molecule has 18 heavy (non-hydrogen) atoms. The summed E-state index contributed by atoms with van der Waals surface area (Å²) in [6.07, 6.45) is 0.844. The Morgan fingerprint density at radius 2 is 2.22 bits per heavy atom. The van der Waals surface area contributed by atoms with Crippen molar-refractivity contribution in [3.63, 3.8) is 0 Å². The summed E-state index contributed by atoms with van der Waals surface area (Å²) in [5, 5.41) is 5.45. The average molecular weight is 349 g/mol. The van der Waals surface area contributed by atoms with Crippen LogP contribution >= 0.6 is 38.9 Å². The van der Waals surface area contributed by atoms with Crippen LogP contribution in [0.4, 0.5) is 4.39 Å². The highest BCUT2D eigenvalue weighted by Crippen LogP contribution is 2.29. The van der Waals surface area contributed by atoms with Crippen LogP contribution in [0, 0.1) is 5.82 Å². The predicted molar refractivity (Wildman–Crippen MR) is 78.9 cm³/mol. The zero-order valence-electron chi connectivity index (χ0n) is 9.71. The molecule has 0 aliphatic rings. The third-order valence-electron chi connectivity index (χ3n) is 2.78. The summed E-state index contributed by atoms with van der Waals surface area (Å²) < 4.78 is 14.3. The highest BCUT2D eigenvalue weighted by Gasteiger charge is 2.14. The molecule has 1 aromatic carbocycles. The monoisotopic (exact) mass is 347 g/mol. The molecule has 0 saturated carbocycles. The van der Waals surface area contributed by atoms with Crippen molar-refractivity contribution in [3.8, 4) is 0 Å². The predicted octanol–water partition coefficient (Wildman–Crippen LogP) is 4.81. The van der Waals surface area contributed by atoms with Crippen molar-refractivity contribution >= 4 is 38.9 Å². The van der Waals surface area contributed by atoms with Crippen LogP contribution in [-0.2, 0) is 6.42 Å². The fraction of sp³-hybridized carbons (Fsp3) is 0.231. The number of hydrogen-bond acceptors (Lipinski definition) is 2. The molecule has 0 aliphatic carbocycles. The van der Waals surface area contributed by atoms with E-state index in [0.29, 0.717) is 0 Å². The van der Waals surface area contributed by atoms with Crippen molar-refractivity contribution in [2.75, 3.05) is 7.05 Å². The minimum atomic E-state index is -0.382. The number of thiophene rings is 1. The summed E-state index contributed by atoms with van der Waals surface area (Å²) in [4.78, 5) is 1.26. The molecule has 1 unspecified atom stereocenters. The number of hydrogen-bond donors (Lipinski definition) is 1. The molecule has 0 bridgehead atoms.